The molecule has 0 saturated heterocycles. The molecule has 2 N–H and O–H groups in total. The number of nitrogen functional groups attached to an aromatic ring is 1. The molecule has 4 heteroatoms. The maximum Gasteiger partial charge on any atom is 0.126 e. The van der Waals surface area contributed by atoms with Gasteiger partial charge in [-0.3, -0.25) is 4.21 Å². The average Bonchev–Trinajstić information content (AvgIpc) is 2.16. The Kier molecular flexibility index (Phi) is 4.75. The van der Waals surface area contributed by atoms with Gasteiger partial charge in [-0.1, -0.05) is 19.8 Å². The van der Waals surface area contributed by atoms with Crippen molar-refractivity contribution in [2.45, 2.75) is 31.1 Å². The van der Waals surface area contributed by atoms with E-state index in [1.165, 1.54) is 12.1 Å². The summed E-state index contributed by atoms with van der Waals surface area (Å²) in [5, 5.41) is 0. The van der Waals surface area contributed by atoms with Crippen LogP contribution in [0.25, 0.3) is 0 Å². The van der Waals surface area contributed by atoms with Crippen LogP contribution in [0.2, 0.25) is 0 Å². The van der Waals surface area contributed by atoms with E-state index in [4.69, 9.17) is 5.73 Å². The van der Waals surface area contributed by atoms with Gasteiger partial charge in [-0.15, -0.1) is 0 Å². The Morgan fingerprint density at radius 1 is 1.33 bits per heavy atom. The monoisotopic (exact) mass is 229 g/mol. The lowest BCUT2D eigenvalue weighted by molar-refractivity contribution is 0.623. The lowest BCUT2D eigenvalue weighted by Crippen LogP contribution is -2.00. The molecule has 1 atom stereocenters. The van der Waals surface area contributed by atoms with E-state index in [0.29, 0.717) is 16.3 Å². The standard InChI is InChI=1S/C11H16FNOS/c1-2-3-4-5-15(14)11-7-9(12)6-10(13)8-11/h6-8H,2-5,13H2,1H3. The Morgan fingerprint density at radius 2 is 2.07 bits per heavy atom. The number of hydrogen-bond acceptors (Lipinski definition) is 2. The molecule has 84 valence electrons. The molecule has 0 aromatic heterocycles. The van der Waals surface area contributed by atoms with Gasteiger partial charge in [0, 0.05) is 16.3 Å². The van der Waals surface area contributed by atoms with Gasteiger partial charge >= 0.3 is 0 Å². The molecular formula is C11H16FNOS. The highest BCUT2D eigenvalue weighted by Gasteiger charge is 2.06. The molecular weight excluding hydrogens is 213 g/mol. The van der Waals surface area contributed by atoms with E-state index in [1.807, 2.05) is 0 Å². The molecule has 0 saturated carbocycles. The molecule has 0 heterocycles. The van der Waals surface area contributed by atoms with Crippen LogP contribution in [0.1, 0.15) is 26.2 Å². The van der Waals surface area contributed by atoms with Crippen molar-refractivity contribution in [3.05, 3.63) is 24.0 Å². The second kappa shape index (κ2) is 5.85. The van der Waals surface area contributed by atoms with Crippen LogP contribution in [0.15, 0.2) is 23.1 Å². The third kappa shape index (κ3) is 4.00. The van der Waals surface area contributed by atoms with Crippen LogP contribution in [-0.4, -0.2) is 9.96 Å². The first-order valence-electron chi connectivity index (χ1n) is 5.08. The van der Waals surface area contributed by atoms with E-state index in [9.17, 15) is 8.60 Å². The molecule has 0 fully saturated rings. The van der Waals surface area contributed by atoms with Crippen molar-refractivity contribution in [1.29, 1.82) is 0 Å². The minimum atomic E-state index is -1.13. The SMILES string of the molecule is CCCCCS(=O)c1cc(N)cc(F)c1. The minimum absolute atomic E-state index is 0.328. The zero-order valence-corrected chi connectivity index (χ0v) is 9.65. The molecule has 1 unspecified atom stereocenters. The second-order valence-electron chi connectivity index (χ2n) is 3.48. The van der Waals surface area contributed by atoms with Gasteiger partial charge in [0.2, 0.25) is 0 Å². The number of unbranched alkanes of at least 4 members (excludes halogenated alkanes) is 2. The highest BCUT2D eigenvalue weighted by Crippen LogP contribution is 2.15. The van der Waals surface area contributed by atoms with Crippen molar-refractivity contribution in [1.82, 2.24) is 0 Å². The van der Waals surface area contributed by atoms with Crippen molar-refractivity contribution in [2.75, 3.05) is 11.5 Å². The Morgan fingerprint density at radius 3 is 2.67 bits per heavy atom. The van der Waals surface area contributed by atoms with Gasteiger partial charge in [0.25, 0.3) is 0 Å². The van der Waals surface area contributed by atoms with Gasteiger partial charge in [-0.25, -0.2) is 4.39 Å². The Balaban J connectivity index is 2.65. The smallest absolute Gasteiger partial charge is 0.126 e. The molecule has 2 nitrogen and oxygen atoms in total. The van der Waals surface area contributed by atoms with Gasteiger partial charge in [0.1, 0.15) is 5.82 Å². The summed E-state index contributed by atoms with van der Waals surface area (Å²) in [5.41, 5.74) is 5.81. The van der Waals surface area contributed by atoms with Crippen LogP contribution < -0.4 is 5.73 Å². The first kappa shape index (κ1) is 12.2. The number of hydrogen-bond donors (Lipinski definition) is 1. The fourth-order valence-electron chi connectivity index (χ4n) is 1.32. The molecule has 0 aliphatic rings. The summed E-state index contributed by atoms with van der Waals surface area (Å²) >= 11 is 0. The predicted octanol–water partition coefficient (Wildman–Crippen LogP) is 2.71. The maximum atomic E-state index is 13.0. The second-order valence-corrected chi connectivity index (χ2v) is 5.05. The first-order valence-corrected chi connectivity index (χ1v) is 6.40. The van der Waals surface area contributed by atoms with Gasteiger partial charge in [-0.05, 0) is 24.6 Å². The number of nitrogens with two attached hydrogens (primary N) is 1. The van der Waals surface area contributed by atoms with Gasteiger partial charge < -0.3 is 5.73 Å². The lowest BCUT2D eigenvalue weighted by Gasteiger charge is -2.03. The highest BCUT2D eigenvalue weighted by molar-refractivity contribution is 7.85. The van der Waals surface area contributed by atoms with Crippen LogP contribution >= 0.6 is 0 Å². The minimum Gasteiger partial charge on any atom is -0.399 e. The van der Waals surface area contributed by atoms with E-state index in [-0.39, 0.29) is 0 Å². The average molecular weight is 229 g/mol. The molecule has 0 aliphatic carbocycles. The van der Waals surface area contributed by atoms with E-state index in [1.54, 1.807) is 6.07 Å². The zero-order valence-electron chi connectivity index (χ0n) is 8.83. The van der Waals surface area contributed by atoms with Crippen LogP contribution in [0, 0.1) is 5.82 Å². The summed E-state index contributed by atoms with van der Waals surface area (Å²) in [5.74, 6) is 0.158. The number of anilines is 1. The lowest BCUT2D eigenvalue weighted by atomic mass is 10.3. The summed E-state index contributed by atoms with van der Waals surface area (Å²) in [4.78, 5) is 0.489. The van der Waals surface area contributed by atoms with E-state index in [0.717, 1.165) is 19.3 Å². The van der Waals surface area contributed by atoms with Gasteiger partial charge in [0.05, 0.1) is 10.8 Å². The van der Waals surface area contributed by atoms with Gasteiger partial charge in [0.15, 0.2) is 0 Å². The molecule has 1 aromatic rings. The zero-order chi connectivity index (χ0) is 11.3. The Labute approximate surface area is 92.1 Å². The summed E-state index contributed by atoms with van der Waals surface area (Å²) in [6.45, 7) is 2.09. The molecule has 0 aliphatic heterocycles. The van der Waals surface area contributed by atoms with Crippen LogP contribution in [0.5, 0.6) is 0 Å². The first-order chi connectivity index (χ1) is 7.13. The number of rotatable bonds is 5. The quantitative estimate of drug-likeness (QED) is 0.623. The summed E-state index contributed by atoms with van der Waals surface area (Å²) in [6, 6.07) is 4.09. The fraction of sp³-hybridized carbons (Fsp3) is 0.455. The molecule has 1 rings (SSSR count). The molecule has 1 aromatic carbocycles. The van der Waals surface area contributed by atoms with Crippen molar-refractivity contribution >= 4 is 16.5 Å². The fourth-order valence-corrected chi connectivity index (χ4v) is 2.53. The van der Waals surface area contributed by atoms with Crippen LogP contribution in [0.3, 0.4) is 0 Å². The Hall–Kier alpha value is -0.900. The van der Waals surface area contributed by atoms with Crippen LogP contribution in [0.4, 0.5) is 10.1 Å². The molecule has 0 bridgehead atoms. The number of halogens is 1. The summed E-state index contributed by atoms with van der Waals surface area (Å²) in [6.07, 6.45) is 3.04. The topological polar surface area (TPSA) is 43.1 Å². The molecule has 15 heavy (non-hydrogen) atoms. The van der Waals surface area contributed by atoms with Crippen molar-refractivity contribution in [2.24, 2.45) is 0 Å². The van der Waals surface area contributed by atoms with E-state index >= 15 is 0 Å². The summed E-state index contributed by atoms with van der Waals surface area (Å²) in [7, 11) is -1.13. The maximum absolute atomic E-state index is 13.0. The van der Waals surface area contributed by atoms with Gasteiger partial charge in [-0.2, -0.15) is 0 Å². The van der Waals surface area contributed by atoms with E-state index < -0.39 is 16.6 Å². The number of benzene rings is 1. The van der Waals surface area contributed by atoms with Crippen molar-refractivity contribution < 1.29 is 8.60 Å². The van der Waals surface area contributed by atoms with Crippen LogP contribution in [-0.2, 0) is 10.8 Å². The van der Waals surface area contributed by atoms with E-state index in [2.05, 4.69) is 6.92 Å². The Bertz CT molecular complexity index is 334. The molecule has 0 radical (unpaired) electrons. The molecule has 0 spiro atoms. The third-order valence-electron chi connectivity index (χ3n) is 2.09. The predicted molar refractivity (Wildman–Crippen MR) is 61.6 cm³/mol. The molecule has 0 amide bonds. The van der Waals surface area contributed by atoms with Crippen molar-refractivity contribution in [3.63, 3.8) is 0 Å². The highest BCUT2D eigenvalue weighted by atomic mass is 32.2. The van der Waals surface area contributed by atoms with Crippen molar-refractivity contribution in [3.8, 4) is 0 Å². The summed E-state index contributed by atoms with van der Waals surface area (Å²) < 4.78 is 24.7. The largest absolute Gasteiger partial charge is 0.399 e. The third-order valence-corrected chi connectivity index (χ3v) is 3.51. The normalized spacial score (nSPS) is 12.7.